The molecule has 0 aromatic carbocycles. The van der Waals surface area contributed by atoms with E-state index in [4.69, 9.17) is 5.11 Å². The summed E-state index contributed by atoms with van der Waals surface area (Å²) in [6.45, 7) is 3.44. The average Bonchev–Trinajstić information content (AvgIpc) is 0.811. The zero-order chi connectivity index (χ0) is 3.58. The van der Waals surface area contributed by atoms with Crippen molar-refractivity contribution in [1.82, 2.24) is 0 Å². The highest BCUT2D eigenvalue weighted by Gasteiger charge is 1.69. The molecule has 0 aromatic heterocycles. The lowest BCUT2D eigenvalue weighted by Crippen LogP contribution is -1.85. The van der Waals surface area contributed by atoms with Gasteiger partial charge in [-0.2, -0.15) is 9.90 Å². The summed E-state index contributed by atoms with van der Waals surface area (Å²) in [6, 6.07) is 0. The van der Waals surface area contributed by atoms with Crippen LogP contribution >= 0.6 is 9.90 Å². The number of hydrogen-bond acceptors (Lipinski definition) is 1. The summed E-state index contributed by atoms with van der Waals surface area (Å²) in [4.78, 5) is 0. The molecule has 1 unspecified atom stereocenters. The Kier molecular flexibility index (Phi) is 7.94. The van der Waals surface area contributed by atoms with Gasteiger partial charge >= 0.3 is 0 Å². The Morgan fingerprint density at radius 1 is 1.40 bits per heavy atom. The highest BCUT2D eigenvalue weighted by molar-refractivity contribution is 6.92. The molecule has 0 amide bonds. The molecule has 0 fully saturated rings. The first-order valence-corrected chi connectivity index (χ1v) is 1.41. The van der Waals surface area contributed by atoms with Crippen LogP contribution in [-0.2, 0) is 0 Å². The van der Waals surface area contributed by atoms with E-state index in [1.54, 1.807) is 13.8 Å². The largest absolute Gasteiger partial charge is 0.394 e. The Morgan fingerprint density at radius 2 is 1.40 bits per heavy atom. The minimum atomic E-state index is -0.167. The van der Waals surface area contributed by atoms with Crippen LogP contribution in [0.5, 0.6) is 0 Å². The van der Waals surface area contributed by atoms with Crippen molar-refractivity contribution in [3.63, 3.8) is 0 Å². The Morgan fingerprint density at radius 3 is 1.40 bits per heavy atom. The number of rotatable bonds is 0. The lowest BCUT2D eigenvalue weighted by Gasteiger charge is -1.80. The maximum absolute atomic E-state index is 8.06. The molecule has 0 heterocycles. The van der Waals surface area contributed by atoms with Gasteiger partial charge < -0.3 is 5.11 Å². The maximum atomic E-state index is 8.06. The van der Waals surface area contributed by atoms with Gasteiger partial charge in [-0.15, -0.1) is 0 Å². The van der Waals surface area contributed by atoms with Crippen molar-refractivity contribution < 1.29 is 5.11 Å². The van der Waals surface area contributed by atoms with Crippen LogP contribution in [-0.4, -0.2) is 11.2 Å². The number of aliphatic hydroxyl groups excluding tert-OH is 1. The van der Waals surface area contributed by atoms with Crippen LogP contribution in [0.4, 0.5) is 0 Å². The van der Waals surface area contributed by atoms with Crippen LogP contribution in [0.3, 0.4) is 0 Å². The third kappa shape index (κ3) is 165. The standard InChI is InChI=1S/C3H8O.H3P/c1-3(2)4;/h3-4H,1-2H3;1H3. The molecule has 1 nitrogen and oxygen atoms in total. The molecule has 1 atom stereocenters. The first kappa shape index (κ1) is 9.04. The Bertz CT molecular complexity index is 11.6. The molecule has 0 radical (unpaired) electrons. The minimum absolute atomic E-state index is 0. The van der Waals surface area contributed by atoms with Crippen LogP contribution in [0.25, 0.3) is 0 Å². The van der Waals surface area contributed by atoms with Crippen molar-refractivity contribution in [2.75, 3.05) is 0 Å². The first-order chi connectivity index (χ1) is 1.73. The second-order valence-corrected chi connectivity index (χ2v) is 1.09. The van der Waals surface area contributed by atoms with E-state index >= 15 is 0 Å². The second-order valence-electron chi connectivity index (χ2n) is 1.09. The maximum Gasteiger partial charge on any atom is 0.0483 e. The van der Waals surface area contributed by atoms with Gasteiger partial charge in [-0.25, -0.2) is 0 Å². The zero-order valence-corrected chi connectivity index (χ0v) is 5.15. The monoisotopic (exact) mass is 94.1 g/mol. The lowest BCUT2D eigenvalue weighted by atomic mass is 10.5. The molecule has 0 bridgehead atoms. The van der Waals surface area contributed by atoms with Gasteiger partial charge in [0.05, 0.1) is 0 Å². The molecule has 0 aromatic rings. The Labute approximate surface area is 36.0 Å². The SMILES string of the molecule is CC(C)O.P. The van der Waals surface area contributed by atoms with Gasteiger partial charge in [-0.3, -0.25) is 0 Å². The van der Waals surface area contributed by atoms with Gasteiger partial charge in [-0.05, 0) is 13.8 Å². The van der Waals surface area contributed by atoms with E-state index in [1.807, 2.05) is 0 Å². The third-order valence-corrected chi connectivity index (χ3v) is 0. The smallest absolute Gasteiger partial charge is 0.0483 e. The fourth-order valence-corrected chi connectivity index (χ4v) is 0. The van der Waals surface area contributed by atoms with E-state index < -0.39 is 0 Å². The van der Waals surface area contributed by atoms with E-state index in [2.05, 4.69) is 0 Å². The van der Waals surface area contributed by atoms with Crippen molar-refractivity contribution in [3.05, 3.63) is 0 Å². The molecular weight excluding hydrogens is 83.0 g/mol. The van der Waals surface area contributed by atoms with Gasteiger partial charge in [-0.1, -0.05) is 0 Å². The van der Waals surface area contributed by atoms with Crippen molar-refractivity contribution in [3.8, 4) is 0 Å². The molecule has 5 heavy (non-hydrogen) atoms. The minimum Gasteiger partial charge on any atom is -0.394 e. The predicted molar refractivity (Wildman–Crippen MR) is 28.5 cm³/mol. The second kappa shape index (κ2) is 4.39. The van der Waals surface area contributed by atoms with Crippen LogP contribution in [0.1, 0.15) is 13.8 Å². The van der Waals surface area contributed by atoms with E-state index in [9.17, 15) is 0 Å². The Hall–Kier alpha value is 0.390. The van der Waals surface area contributed by atoms with Crippen LogP contribution in [0, 0.1) is 0 Å². The summed E-state index contributed by atoms with van der Waals surface area (Å²) in [7, 11) is 0. The summed E-state index contributed by atoms with van der Waals surface area (Å²) < 4.78 is 0. The number of aliphatic hydroxyl groups is 1. The van der Waals surface area contributed by atoms with Crippen molar-refractivity contribution >= 4 is 9.90 Å². The van der Waals surface area contributed by atoms with Gasteiger partial charge in [0.15, 0.2) is 0 Å². The van der Waals surface area contributed by atoms with Crippen molar-refractivity contribution in [1.29, 1.82) is 0 Å². The van der Waals surface area contributed by atoms with Crippen LogP contribution in [0.2, 0.25) is 0 Å². The fraction of sp³-hybridized carbons (Fsp3) is 1.00. The zero-order valence-electron chi connectivity index (χ0n) is 3.73. The summed E-state index contributed by atoms with van der Waals surface area (Å²) in [5.74, 6) is 0. The molecule has 0 saturated carbocycles. The number of hydrogen-bond donors (Lipinski definition) is 1. The van der Waals surface area contributed by atoms with Gasteiger partial charge in [0.25, 0.3) is 0 Å². The lowest BCUT2D eigenvalue weighted by molar-refractivity contribution is 0.216. The highest BCUT2D eigenvalue weighted by Crippen LogP contribution is 1.65. The summed E-state index contributed by atoms with van der Waals surface area (Å²) in [5.41, 5.74) is 0. The molecule has 0 rings (SSSR count). The molecular formula is C3H11OP. The van der Waals surface area contributed by atoms with E-state index in [0.717, 1.165) is 0 Å². The van der Waals surface area contributed by atoms with Crippen LogP contribution in [0.15, 0.2) is 0 Å². The summed E-state index contributed by atoms with van der Waals surface area (Å²) in [5, 5.41) is 8.06. The van der Waals surface area contributed by atoms with E-state index in [-0.39, 0.29) is 16.0 Å². The van der Waals surface area contributed by atoms with Gasteiger partial charge in [0.2, 0.25) is 0 Å². The predicted octanol–water partition coefficient (Wildman–Crippen LogP) is 0.445. The van der Waals surface area contributed by atoms with Crippen LogP contribution < -0.4 is 0 Å². The Balaban J connectivity index is 0. The van der Waals surface area contributed by atoms with Crippen molar-refractivity contribution in [2.24, 2.45) is 0 Å². The van der Waals surface area contributed by atoms with Gasteiger partial charge in [0, 0.05) is 6.10 Å². The van der Waals surface area contributed by atoms with E-state index in [1.165, 1.54) is 0 Å². The van der Waals surface area contributed by atoms with Gasteiger partial charge in [0.1, 0.15) is 0 Å². The molecule has 34 valence electrons. The summed E-state index contributed by atoms with van der Waals surface area (Å²) >= 11 is 0. The van der Waals surface area contributed by atoms with Crippen molar-refractivity contribution in [2.45, 2.75) is 20.0 Å². The highest BCUT2D eigenvalue weighted by atomic mass is 31.0. The topological polar surface area (TPSA) is 20.2 Å². The molecule has 1 N–H and O–H groups in total. The summed E-state index contributed by atoms with van der Waals surface area (Å²) in [6.07, 6.45) is -0.167. The molecule has 2 heteroatoms. The average molecular weight is 94.1 g/mol. The molecule has 0 aliphatic rings. The molecule has 0 saturated heterocycles. The molecule has 0 spiro atoms. The molecule has 0 aliphatic carbocycles. The van der Waals surface area contributed by atoms with E-state index in [0.29, 0.717) is 0 Å². The molecule has 0 aliphatic heterocycles. The third-order valence-electron chi connectivity index (χ3n) is 0. The fourth-order valence-electron chi connectivity index (χ4n) is 0. The quantitative estimate of drug-likeness (QED) is 0.432. The first-order valence-electron chi connectivity index (χ1n) is 1.41. The normalized spacial score (nSPS) is 7.20.